The molecule has 4 amide bonds. The number of nitrogens with one attached hydrogen (secondary N) is 4. The molecule has 7 rings (SSSR count). The summed E-state index contributed by atoms with van der Waals surface area (Å²) in [5.41, 5.74) is 1.46. The maximum Gasteiger partial charge on any atom is 0.482 e. The Bertz CT molecular complexity index is 2330. The first-order valence-electron chi connectivity index (χ1n) is 22.9. The number of carbonyl (C=O) groups excluding carboxylic acids is 4. The Labute approximate surface area is 394 Å². The number of ether oxygens (including phenoxy) is 3. The monoisotopic (exact) mass is 926 g/mol. The Balaban J connectivity index is 1.32. The molecule has 3 aliphatic carbocycles. The quantitative estimate of drug-likeness (QED) is 0.0912. The lowest BCUT2D eigenvalue weighted by molar-refractivity contribution is -0.199. The highest BCUT2D eigenvalue weighted by atomic mass is 16.7. The molecule has 2 bridgehead atoms. The van der Waals surface area contributed by atoms with Crippen LogP contribution in [0.2, 0.25) is 0 Å². The van der Waals surface area contributed by atoms with Crippen LogP contribution in [0, 0.1) is 17.3 Å². The number of anilines is 1. The zero-order valence-electron chi connectivity index (χ0n) is 41.0. The minimum Gasteiger partial charge on any atom is -0.496 e. The molecule has 0 aromatic heterocycles. The third kappa shape index (κ3) is 11.7. The fourth-order valence-electron chi connectivity index (χ4n) is 9.84. The van der Waals surface area contributed by atoms with E-state index in [1.807, 2.05) is 58.0 Å². The van der Waals surface area contributed by atoms with Crippen LogP contribution in [0.4, 0.5) is 15.3 Å². The summed E-state index contributed by atoms with van der Waals surface area (Å²) >= 11 is 0. The lowest BCUT2D eigenvalue weighted by Crippen LogP contribution is -2.65. The van der Waals surface area contributed by atoms with Gasteiger partial charge in [-0.05, 0) is 119 Å². The summed E-state index contributed by atoms with van der Waals surface area (Å²) in [5, 5.41) is 21.5. The molecule has 1 saturated heterocycles. The van der Waals surface area contributed by atoms with Gasteiger partial charge in [0.1, 0.15) is 29.6 Å². The van der Waals surface area contributed by atoms with Crippen LogP contribution in [0.15, 0.2) is 60.7 Å². The molecule has 362 valence electrons. The van der Waals surface area contributed by atoms with Gasteiger partial charge in [0.2, 0.25) is 5.91 Å². The summed E-state index contributed by atoms with van der Waals surface area (Å²) in [7, 11) is 4.25. The van der Waals surface area contributed by atoms with Crippen molar-refractivity contribution < 1.29 is 52.6 Å². The summed E-state index contributed by atoms with van der Waals surface area (Å²) in [6, 6.07) is 16.0. The van der Waals surface area contributed by atoms with Crippen LogP contribution in [0.1, 0.15) is 118 Å². The molecule has 1 aliphatic heterocycles. The van der Waals surface area contributed by atoms with Crippen LogP contribution in [0.5, 0.6) is 5.75 Å². The molecule has 3 saturated carbocycles. The fraction of sp³-hybridized carbons (Fsp3) is 0.540. The lowest BCUT2D eigenvalue weighted by Gasteiger charge is -2.64. The molecule has 3 aromatic rings. The minimum absolute atomic E-state index is 0.0116. The van der Waals surface area contributed by atoms with Gasteiger partial charge in [0.05, 0.1) is 31.3 Å². The van der Waals surface area contributed by atoms with E-state index in [2.05, 4.69) is 42.0 Å². The third-order valence-electron chi connectivity index (χ3n) is 13.3. The highest BCUT2D eigenvalue weighted by Gasteiger charge is 2.68. The molecule has 4 fully saturated rings. The fourth-order valence-corrected chi connectivity index (χ4v) is 9.84. The molecule has 0 radical (unpaired) electrons. The van der Waals surface area contributed by atoms with Crippen molar-refractivity contribution in [3.8, 4) is 5.75 Å². The van der Waals surface area contributed by atoms with E-state index in [0.29, 0.717) is 23.6 Å². The van der Waals surface area contributed by atoms with Crippen molar-refractivity contribution in [1.82, 2.24) is 20.9 Å². The third-order valence-corrected chi connectivity index (χ3v) is 13.3. The van der Waals surface area contributed by atoms with Crippen LogP contribution < -0.4 is 26.0 Å². The molecule has 17 heteroatoms. The molecular weight excluding hydrogens is 857 g/mol. The van der Waals surface area contributed by atoms with Gasteiger partial charge in [-0.25, -0.2) is 14.4 Å². The first-order valence-corrected chi connectivity index (χ1v) is 22.9. The predicted molar refractivity (Wildman–Crippen MR) is 254 cm³/mol. The summed E-state index contributed by atoms with van der Waals surface area (Å²) in [6.45, 7) is 17.8. The van der Waals surface area contributed by atoms with E-state index in [0.717, 1.165) is 24.0 Å². The van der Waals surface area contributed by atoms with Crippen LogP contribution in [0.3, 0.4) is 0 Å². The van der Waals surface area contributed by atoms with E-state index in [1.165, 1.54) is 7.11 Å². The van der Waals surface area contributed by atoms with Crippen LogP contribution in [0.25, 0.3) is 0 Å². The number of alkyl carbamates (subject to hydrolysis) is 2. The van der Waals surface area contributed by atoms with Crippen LogP contribution in [-0.4, -0.2) is 104 Å². The number of benzene rings is 3. The van der Waals surface area contributed by atoms with Gasteiger partial charge >= 0.3 is 25.3 Å². The van der Waals surface area contributed by atoms with Crippen molar-refractivity contribution in [3.05, 3.63) is 94.0 Å². The summed E-state index contributed by atoms with van der Waals surface area (Å²) in [6.07, 6.45) is 0.0372. The highest BCUT2D eigenvalue weighted by molar-refractivity contribution is 6.48. The first-order chi connectivity index (χ1) is 31.3. The highest BCUT2D eigenvalue weighted by Crippen LogP contribution is 2.65. The Morgan fingerprint density at radius 3 is 2.24 bits per heavy atom. The molecule has 16 nitrogen and oxygen atoms in total. The second-order valence-electron chi connectivity index (χ2n) is 21.1. The van der Waals surface area contributed by atoms with Gasteiger partial charge < -0.3 is 54.8 Å². The van der Waals surface area contributed by atoms with Crippen molar-refractivity contribution in [2.45, 2.75) is 129 Å². The number of nitrogens with zero attached hydrogens (tertiary/aromatic N) is 1. The van der Waals surface area contributed by atoms with E-state index >= 15 is 0 Å². The zero-order chi connectivity index (χ0) is 49.2. The predicted octanol–water partition coefficient (Wildman–Crippen LogP) is 7.12. The number of aromatic carboxylic acids is 1. The van der Waals surface area contributed by atoms with Crippen LogP contribution in [-0.2, 0) is 48.6 Å². The zero-order valence-corrected chi connectivity index (χ0v) is 41.0. The van der Waals surface area contributed by atoms with Gasteiger partial charge in [-0.15, -0.1) is 0 Å². The molecule has 0 spiro atoms. The number of carbonyl (C=O) groups is 5. The Morgan fingerprint density at radius 2 is 1.63 bits per heavy atom. The van der Waals surface area contributed by atoms with Gasteiger partial charge in [0.15, 0.2) is 0 Å². The average Bonchev–Trinajstić information content (AvgIpc) is 3.61. The maximum absolute atomic E-state index is 14.7. The van der Waals surface area contributed by atoms with Crippen molar-refractivity contribution >= 4 is 42.8 Å². The summed E-state index contributed by atoms with van der Waals surface area (Å²) < 4.78 is 30.4. The van der Waals surface area contributed by atoms with E-state index in [4.69, 9.17) is 23.5 Å². The number of amides is 4. The molecule has 5 unspecified atom stereocenters. The van der Waals surface area contributed by atoms with Crippen molar-refractivity contribution in [2.24, 2.45) is 17.3 Å². The lowest BCUT2D eigenvalue weighted by atomic mass is 9.43. The van der Waals surface area contributed by atoms with Gasteiger partial charge in [-0.3, -0.25) is 9.59 Å². The first kappa shape index (κ1) is 50.8. The van der Waals surface area contributed by atoms with Gasteiger partial charge in [0, 0.05) is 23.4 Å². The van der Waals surface area contributed by atoms with E-state index < -0.39 is 65.7 Å². The topological polar surface area (TPSA) is 203 Å². The minimum atomic E-state index is -1.34. The number of hydrogen-bond donors (Lipinski definition) is 5. The van der Waals surface area contributed by atoms with Gasteiger partial charge in [0.25, 0.3) is 5.91 Å². The number of carboxylic acid groups (broad SMARTS) is 1. The maximum atomic E-state index is 14.7. The number of hydrogen-bond acceptors (Lipinski definition) is 11. The van der Waals surface area contributed by atoms with E-state index in [-0.39, 0.29) is 59.6 Å². The van der Waals surface area contributed by atoms with Gasteiger partial charge in [-0.2, -0.15) is 0 Å². The number of carboxylic acids is 1. The van der Waals surface area contributed by atoms with Crippen molar-refractivity contribution in [3.63, 3.8) is 0 Å². The Kier molecular flexibility index (Phi) is 15.1. The second kappa shape index (κ2) is 19.9. The number of methoxy groups -OCH3 is 1. The smallest absolute Gasteiger partial charge is 0.482 e. The molecule has 3 aromatic carbocycles. The SMILES string of the molecule is COc1c(C(=O)O)ccc(C(C)(C)C)c1C[C@H](NC(=O)c1ccc(CN(C)C)c(NC(=O)C(CNC(=O)OC(C)(C)C)NC(=O)OCc2ccccc2)c1)B1OC2CC3CC(C3(C)C)C2(C)O1. The average molecular weight is 926 g/mol. The standard InChI is InChI=1S/C50H68BN5O11/c1-47(2,3)35-21-20-33(44(59)60)41(63-12)34(35)25-40(51-66-39-24-32-23-38(49(32,7)8)50(39,9)67-51)55-42(57)30-18-19-31(27-56(10)11)36(22-30)53-43(58)37(26-52-45(61)65-48(4,5)6)54-46(62)64-28-29-16-14-13-15-17-29/h13-22,32,37-40H,23-28H2,1-12H3,(H,52,61)(H,53,58)(H,54,62)(H,55,57)(H,59,60)/t32?,37?,38?,39?,40-,50?/m0/s1. The van der Waals surface area contributed by atoms with Crippen molar-refractivity contribution in [2.75, 3.05) is 33.1 Å². The Hall–Kier alpha value is -5.65. The summed E-state index contributed by atoms with van der Waals surface area (Å²) in [4.78, 5) is 69.1. The molecule has 1 heterocycles. The normalized spacial score (nSPS) is 21.5. The molecular formula is C50H68BN5O11. The number of rotatable bonds is 16. The van der Waals surface area contributed by atoms with E-state index in [9.17, 15) is 29.1 Å². The molecule has 4 aliphatic rings. The summed E-state index contributed by atoms with van der Waals surface area (Å²) in [5.74, 6) is -2.29. The molecule has 6 atom stereocenters. The van der Waals surface area contributed by atoms with Crippen LogP contribution >= 0.6 is 0 Å². The van der Waals surface area contributed by atoms with Gasteiger partial charge in [-0.1, -0.05) is 77.1 Å². The second-order valence-corrected chi connectivity index (χ2v) is 21.1. The molecule has 67 heavy (non-hydrogen) atoms. The largest absolute Gasteiger partial charge is 0.496 e. The molecule has 5 N–H and O–H groups in total. The van der Waals surface area contributed by atoms with E-state index in [1.54, 1.807) is 63.2 Å². The Morgan fingerprint density at radius 1 is 0.925 bits per heavy atom. The van der Waals surface area contributed by atoms with Crippen molar-refractivity contribution in [1.29, 1.82) is 0 Å².